The van der Waals surface area contributed by atoms with Crippen molar-refractivity contribution < 1.29 is 9.53 Å². The predicted octanol–water partition coefficient (Wildman–Crippen LogP) is 0.534. The molecule has 20 heavy (non-hydrogen) atoms. The maximum absolute atomic E-state index is 11.5. The molecule has 1 aromatic heterocycles. The molecular weight excluding hydrogens is 258 g/mol. The van der Waals surface area contributed by atoms with Gasteiger partial charge in [-0.2, -0.15) is 4.80 Å². The van der Waals surface area contributed by atoms with Gasteiger partial charge in [-0.25, -0.2) is 0 Å². The summed E-state index contributed by atoms with van der Waals surface area (Å²) in [6, 6.07) is 7.61. The molecule has 1 aliphatic carbocycles. The van der Waals surface area contributed by atoms with Crippen molar-refractivity contribution in [1.82, 2.24) is 25.5 Å². The first-order chi connectivity index (χ1) is 9.70. The van der Waals surface area contributed by atoms with Crippen LogP contribution in [0.3, 0.4) is 0 Å². The summed E-state index contributed by atoms with van der Waals surface area (Å²) in [5, 5.41) is 14.7. The van der Waals surface area contributed by atoms with E-state index in [4.69, 9.17) is 4.74 Å². The van der Waals surface area contributed by atoms with Crippen LogP contribution in [-0.2, 0) is 11.8 Å². The Morgan fingerprint density at radius 3 is 2.75 bits per heavy atom. The molecule has 7 heteroatoms. The number of rotatable bonds is 5. The van der Waals surface area contributed by atoms with E-state index >= 15 is 0 Å². The maximum Gasteiger partial charge on any atom is 0.258 e. The highest BCUT2D eigenvalue weighted by molar-refractivity contribution is 5.78. The smallest absolute Gasteiger partial charge is 0.258 e. The monoisotopic (exact) mass is 273 g/mol. The lowest BCUT2D eigenvalue weighted by Crippen LogP contribution is -2.30. The Morgan fingerprint density at radius 1 is 1.40 bits per heavy atom. The van der Waals surface area contributed by atoms with Crippen LogP contribution < -0.4 is 10.1 Å². The highest BCUT2D eigenvalue weighted by Crippen LogP contribution is 2.19. The molecule has 0 spiro atoms. The number of tetrazole rings is 1. The zero-order valence-electron chi connectivity index (χ0n) is 11.1. The first kappa shape index (κ1) is 12.6. The number of hydrogen-bond acceptors (Lipinski definition) is 5. The number of carbonyl (C=O) groups is 1. The molecule has 1 heterocycles. The van der Waals surface area contributed by atoms with Gasteiger partial charge in [-0.15, -0.1) is 10.2 Å². The first-order valence-corrected chi connectivity index (χ1v) is 6.47. The van der Waals surface area contributed by atoms with Crippen LogP contribution in [0.2, 0.25) is 0 Å². The van der Waals surface area contributed by atoms with Crippen LogP contribution >= 0.6 is 0 Å². The molecule has 0 saturated heterocycles. The van der Waals surface area contributed by atoms with E-state index in [1.165, 1.54) is 4.80 Å². The van der Waals surface area contributed by atoms with E-state index in [1.807, 2.05) is 12.1 Å². The molecule has 3 rings (SSSR count). The Bertz CT molecular complexity index is 603. The lowest BCUT2D eigenvalue weighted by atomic mass is 10.2. The van der Waals surface area contributed by atoms with Gasteiger partial charge in [0, 0.05) is 11.6 Å². The molecule has 1 fully saturated rings. The molecule has 0 bridgehead atoms. The van der Waals surface area contributed by atoms with E-state index in [9.17, 15) is 4.79 Å². The average Bonchev–Trinajstić information content (AvgIpc) is 3.16. The fourth-order valence-electron chi connectivity index (χ4n) is 1.75. The lowest BCUT2D eigenvalue weighted by Gasteiger charge is -2.06. The summed E-state index contributed by atoms with van der Waals surface area (Å²) in [7, 11) is 1.71. The minimum absolute atomic E-state index is 0.0409. The van der Waals surface area contributed by atoms with E-state index in [0.29, 0.717) is 17.6 Å². The van der Waals surface area contributed by atoms with Crippen LogP contribution in [0.4, 0.5) is 0 Å². The minimum atomic E-state index is -0.0767. The first-order valence-electron chi connectivity index (χ1n) is 6.47. The molecule has 0 unspecified atom stereocenters. The van der Waals surface area contributed by atoms with E-state index in [1.54, 1.807) is 19.2 Å². The highest BCUT2D eigenvalue weighted by atomic mass is 16.5. The summed E-state index contributed by atoms with van der Waals surface area (Å²) in [4.78, 5) is 12.9. The highest BCUT2D eigenvalue weighted by Gasteiger charge is 2.23. The van der Waals surface area contributed by atoms with Crippen LogP contribution in [0, 0.1) is 0 Å². The summed E-state index contributed by atoms with van der Waals surface area (Å²) in [5.74, 6) is 1.13. The Kier molecular flexibility index (Phi) is 3.32. The number of benzene rings is 1. The Morgan fingerprint density at radius 2 is 2.15 bits per heavy atom. The standard InChI is InChI=1S/C13H15N5O2/c1-18-16-13(15-17-18)9-2-6-11(7-3-9)20-8-12(19)14-10-4-5-10/h2-3,6-7,10H,4-5,8H2,1H3,(H,14,19). The second-order valence-electron chi connectivity index (χ2n) is 4.76. The molecule has 104 valence electrons. The third kappa shape index (κ3) is 3.11. The van der Waals surface area contributed by atoms with Gasteiger partial charge < -0.3 is 10.1 Å². The van der Waals surface area contributed by atoms with Crippen molar-refractivity contribution in [1.29, 1.82) is 0 Å². The molecule has 1 amide bonds. The van der Waals surface area contributed by atoms with Crippen LogP contribution in [0.1, 0.15) is 12.8 Å². The fourth-order valence-corrected chi connectivity index (χ4v) is 1.75. The van der Waals surface area contributed by atoms with Crippen molar-refractivity contribution in [2.75, 3.05) is 6.61 Å². The fraction of sp³-hybridized carbons (Fsp3) is 0.385. The van der Waals surface area contributed by atoms with Gasteiger partial charge in [0.15, 0.2) is 6.61 Å². The van der Waals surface area contributed by atoms with Crippen molar-refractivity contribution in [2.45, 2.75) is 18.9 Å². The summed E-state index contributed by atoms with van der Waals surface area (Å²) in [6.07, 6.45) is 2.15. The van der Waals surface area contributed by atoms with Crippen molar-refractivity contribution in [3.8, 4) is 17.1 Å². The normalized spacial score (nSPS) is 14.1. The van der Waals surface area contributed by atoms with E-state index in [0.717, 1.165) is 18.4 Å². The summed E-state index contributed by atoms with van der Waals surface area (Å²) in [5.41, 5.74) is 0.855. The number of hydrogen-bond donors (Lipinski definition) is 1. The van der Waals surface area contributed by atoms with Gasteiger partial charge in [-0.1, -0.05) is 0 Å². The molecule has 1 aromatic carbocycles. The van der Waals surface area contributed by atoms with Crippen LogP contribution in [0.15, 0.2) is 24.3 Å². The molecule has 1 N–H and O–H groups in total. The second-order valence-corrected chi connectivity index (χ2v) is 4.76. The molecule has 0 aliphatic heterocycles. The average molecular weight is 273 g/mol. The SMILES string of the molecule is Cn1nnc(-c2ccc(OCC(=O)NC3CC3)cc2)n1. The number of amides is 1. The third-order valence-corrected chi connectivity index (χ3v) is 2.93. The number of nitrogens with zero attached hydrogens (tertiary/aromatic N) is 4. The molecule has 2 aromatic rings. The van der Waals surface area contributed by atoms with Crippen molar-refractivity contribution in [2.24, 2.45) is 7.05 Å². The number of aryl methyl sites for hydroxylation is 1. The molecule has 7 nitrogen and oxygen atoms in total. The van der Waals surface area contributed by atoms with Gasteiger partial charge in [-0.05, 0) is 42.3 Å². The quantitative estimate of drug-likeness (QED) is 0.859. The Labute approximate surface area is 115 Å². The largest absolute Gasteiger partial charge is 0.484 e. The van der Waals surface area contributed by atoms with Gasteiger partial charge >= 0.3 is 0 Å². The molecule has 1 saturated carbocycles. The van der Waals surface area contributed by atoms with Gasteiger partial charge in [0.25, 0.3) is 5.91 Å². The number of carbonyl (C=O) groups excluding carboxylic acids is 1. The Balaban J connectivity index is 1.56. The van der Waals surface area contributed by atoms with E-state index in [-0.39, 0.29) is 12.5 Å². The molecule has 1 aliphatic rings. The van der Waals surface area contributed by atoms with Gasteiger partial charge in [0.2, 0.25) is 5.82 Å². The topological polar surface area (TPSA) is 81.9 Å². The zero-order valence-corrected chi connectivity index (χ0v) is 11.1. The van der Waals surface area contributed by atoms with Crippen LogP contribution in [-0.4, -0.2) is 38.8 Å². The van der Waals surface area contributed by atoms with E-state index < -0.39 is 0 Å². The lowest BCUT2D eigenvalue weighted by molar-refractivity contribution is -0.123. The van der Waals surface area contributed by atoms with Crippen molar-refractivity contribution in [3.05, 3.63) is 24.3 Å². The summed E-state index contributed by atoms with van der Waals surface area (Å²) in [6.45, 7) is 0.0409. The van der Waals surface area contributed by atoms with Crippen molar-refractivity contribution in [3.63, 3.8) is 0 Å². The zero-order chi connectivity index (χ0) is 13.9. The third-order valence-electron chi connectivity index (χ3n) is 2.93. The Hall–Kier alpha value is -2.44. The van der Waals surface area contributed by atoms with E-state index in [2.05, 4.69) is 20.7 Å². The number of aromatic nitrogens is 4. The molecular formula is C13H15N5O2. The number of nitrogens with one attached hydrogen (secondary N) is 1. The second kappa shape index (κ2) is 5.28. The maximum atomic E-state index is 11.5. The molecule has 0 atom stereocenters. The predicted molar refractivity (Wildman–Crippen MR) is 70.9 cm³/mol. The van der Waals surface area contributed by atoms with Crippen molar-refractivity contribution >= 4 is 5.91 Å². The van der Waals surface area contributed by atoms with Crippen LogP contribution in [0.25, 0.3) is 11.4 Å². The summed E-state index contributed by atoms with van der Waals surface area (Å²) < 4.78 is 5.42. The van der Waals surface area contributed by atoms with Crippen LogP contribution in [0.5, 0.6) is 5.75 Å². The summed E-state index contributed by atoms with van der Waals surface area (Å²) >= 11 is 0. The van der Waals surface area contributed by atoms with Gasteiger partial charge in [-0.3, -0.25) is 4.79 Å². The van der Waals surface area contributed by atoms with Gasteiger partial charge in [0.05, 0.1) is 7.05 Å². The number of ether oxygens (including phenoxy) is 1. The molecule has 0 radical (unpaired) electrons. The minimum Gasteiger partial charge on any atom is -0.484 e. The van der Waals surface area contributed by atoms with Gasteiger partial charge in [0.1, 0.15) is 5.75 Å².